The topological polar surface area (TPSA) is 90.4 Å². The van der Waals surface area contributed by atoms with E-state index >= 15 is 0 Å². The lowest BCUT2D eigenvalue weighted by Crippen LogP contribution is -2.41. The molecule has 0 saturated carbocycles. The van der Waals surface area contributed by atoms with E-state index in [1.807, 2.05) is 5.43 Å². The van der Waals surface area contributed by atoms with Crippen molar-refractivity contribution in [1.29, 1.82) is 0 Å². The van der Waals surface area contributed by atoms with E-state index < -0.39 is 6.10 Å². The van der Waals surface area contributed by atoms with Gasteiger partial charge >= 0.3 is 0 Å². The van der Waals surface area contributed by atoms with Gasteiger partial charge in [0.1, 0.15) is 0 Å². The Balaban J connectivity index is 3.34. The number of hydrazine groups is 1. The van der Waals surface area contributed by atoms with Gasteiger partial charge in [-0.15, -0.1) is 0 Å². The summed E-state index contributed by atoms with van der Waals surface area (Å²) in [5.74, 6) is 9.69. The summed E-state index contributed by atoms with van der Waals surface area (Å²) in [5, 5.41) is 0. The zero-order valence-corrected chi connectivity index (χ0v) is 10.9. The van der Waals surface area contributed by atoms with Crippen LogP contribution in [0.1, 0.15) is 64.7 Å². The van der Waals surface area contributed by atoms with E-state index in [-0.39, 0.29) is 5.91 Å². The molecule has 0 aromatic heterocycles. The van der Waals surface area contributed by atoms with Crippen LogP contribution < -0.4 is 17.2 Å². The molecule has 0 heterocycles. The summed E-state index contributed by atoms with van der Waals surface area (Å²) < 4.78 is 0. The quantitative estimate of drug-likeness (QED) is 0.224. The van der Waals surface area contributed by atoms with Crippen molar-refractivity contribution >= 4 is 5.91 Å². The maximum Gasteiger partial charge on any atom is 0.265 e. The second-order valence-corrected chi connectivity index (χ2v) is 4.40. The van der Waals surface area contributed by atoms with E-state index in [1.165, 1.54) is 38.5 Å². The summed E-state index contributed by atoms with van der Waals surface area (Å²) in [6.45, 7) is 2.22. The number of hydrogen-bond acceptors (Lipinski definition) is 4. The molecule has 0 aliphatic carbocycles. The molecule has 1 atom stereocenters. The van der Waals surface area contributed by atoms with E-state index in [4.69, 9.17) is 11.7 Å². The third-order valence-electron chi connectivity index (χ3n) is 2.92. The van der Waals surface area contributed by atoms with Gasteiger partial charge in [0.2, 0.25) is 0 Å². The molecule has 5 nitrogen and oxygen atoms in total. The van der Waals surface area contributed by atoms with Crippen molar-refractivity contribution in [2.75, 3.05) is 0 Å². The number of nitrogens with two attached hydrogens (primary N) is 2. The Morgan fingerprint density at radius 3 is 2.12 bits per heavy atom. The van der Waals surface area contributed by atoms with Crippen LogP contribution in [0.5, 0.6) is 0 Å². The number of unbranched alkanes of at least 4 members (excludes halogenated alkanes) is 7. The van der Waals surface area contributed by atoms with Gasteiger partial charge in [-0.1, -0.05) is 58.3 Å². The fourth-order valence-electron chi connectivity index (χ4n) is 1.82. The summed E-state index contributed by atoms with van der Waals surface area (Å²) in [7, 11) is 0. The van der Waals surface area contributed by atoms with Crippen molar-refractivity contribution in [1.82, 2.24) is 5.43 Å². The van der Waals surface area contributed by atoms with E-state index in [2.05, 4.69) is 11.8 Å². The van der Waals surface area contributed by atoms with E-state index in [1.54, 1.807) is 0 Å². The number of amides is 1. The number of carbonyl (C=O) groups excluding carboxylic acids is 1. The predicted octanol–water partition coefficient (Wildman–Crippen LogP) is 1.77. The Kier molecular flexibility index (Phi) is 11.4. The van der Waals surface area contributed by atoms with E-state index in [9.17, 15) is 4.79 Å². The maximum atomic E-state index is 11.1. The number of rotatable bonds is 11. The third kappa shape index (κ3) is 9.09. The zero-order chi connectivity index (χ0) is 12.9. The van der Waals surface area contributed by atoms with Gasteiger partial charge in [-0.25, -0.2) is 11.7 Å². The van der Waals surface area contributed by atoms with Crippen LogP contribution in [0.3, 0.4) is 0 Å². The molecular formula is C12H27N3O2. The number of carbonyl (C=O) groups is 1. The second-order valence-electron chi connectivity index (χ2n) is 4.40. The Bertz CT molecular complexity index is 189. The highest BCUT2D eigenvalue weighted by Gasteiger charge is 2.16. The lowest BCUT2D eigenvalue weighted by molar-refractivity contribution is -0.133. The number of nitrogens with one attached hydrogen (secondary N) is 1. The zero-order valence-electron chi connectivity index (χ0n) is 10.9. The fraction of sp³-hybridized carbons (Fsp3) is 0.917. The fourth-order valence-corrected chi connectivity index (χ4v) is 1.82. The van der Waals surface area contributed by atoms with Crippen LogP contribution in [0.2, 0.25) is 0 Å². The van der Waals surface area contributed by atoms with Gasteiger partial charge in [0.05, 0.1) is 0 Å². The highest BCUT2D eigenvalue weighted by molar-refractivity contribution is 5.79. The SMILES string of the molecule is CCCCCCCCCCC(ON)C(=O)NN. The molecule has 17 heavy (non-hydrogen) atoms. The van der Waals surface area contributed by atoms with Gasteiger partial charge in [0, 0.05) is 0 Å². The molecule has 0 rings (SSSR count). The normalized spacial score (nSPS) is 12.4. The first-order valence-electron chi connectivity index (χ1n) is 6.62. The average Bonchev–Trinajstić information content (AvgIpc) is 2.36. The van der Waals surface area contributed by atoms with Crippen LogP contribution >= 0.6 is 0 Å². The first kappa shape index (κ1) is 16.4. The summed E-state index contributed by atoms with van der Waals surface area (Å²) >= 11 is 0. The summed E-state index contributed by atoms with van der Waals surface area (Å²) in [4.78, 5) is 15.7. The molecule has 0 aromatic rings. The van der Waals surface area contributed by atoms with Crippen molar-refractivity contribution in [3.8, 4) is 0 Å². The van der Waals surface area contributed by atoms with Gasteiger partial charge in [0.15, 0.2) is 6.10 Å². The molecule has 0 fully saturated rings. The molecule has 0 aliphatic heterocycles. The van der Waals surface area contributed by atoms with E-state index in [0.29, 0.717) is 6.42 Å². The first-order valence-corrected chi connectivity index (χ1v) is 6.62. The molecule has 102 valence electrons. The smallest absolute Gasteiger partial charge is 0.265 e. The molecule has 5 N–H and O–H groups in total. The van der Waals surface area contributed by atoms with Crippen molar-refractivity contribution < 1.29 is 9.63 Å². The van der Waals surface area contributed by atoms with Gasteiger partial charge in [-0.3, -0.25) is 15.1 Å². The molecule has 1 amide bonds. The van der Waals surface area contributed by atoms with Crippen LogP contribution in [-0.2, 0) is 9.63 Å². The summed E-state index contributed by atoms with van der Waals surface area (Å²) in [6, 6.07) is 0. The largest absolute Gasteiger partial charge is 0.292 e. The Morgan fingerprint density at radius 1 is 1.12 bits per heavy atom. The molecule has 0 bridgehead atoms. The third-order valence-corrected chi connectivity index (χ3v) is 2.92. The first-order chi connectivity index (χ1) is 8.26. The second kappa shape index (κ2) is 11.8. The van der Waals surface area contributed by atoms with Crippen LogP contribution in [0.25, 0.3) is 0 Å². The molecule has 0 saturated heterocycles. The van der Waals surface area contributed by atoms with Crippen molar-refractivity contribution in [3.63, 3.8) is 0 Å². The molecule has 5 heteroatoms. The lowest BCUT2D eigenvalue weighted by Gasteiger charge is -2.11. The van der Waals surface area contributed by atoms with Crippen LogP contribution in [0.15, 0.2) is 0 Å². The number of hydrogen-bond donors (Lipinski definition) is 3. The minimum atomic E-state index is -0.611. The highest BCUT2D eigenvalue weighted by Crippen LogP contribution is 2.11. The van der Waals surface area contributed by atoms with Crippen LogP contribution in [-0.4, -0.2) is 12.0 Å². The standard InChI is InChI=1S/C12H27N3O2/c1-2-3-4-5-6-7-8-9-10-11(17-14)12(16)15-13/h11H,2-10,13-14H2,1H3,(H,15,16). The van der Waals surface area contributed by atoms with Crippen LogP contribution in [0, 0.1) is 0 Å². The molecule has 0 radical (unpaired) electrons. The molecule has 0 spiro atoms. The van der Waals surface area contributed by atoms with Gasteiger partial charge in [-0.05, 0) is 6.42 Å². The molecule has 0 aromatic carbocycles. The highest BCUT2D eigenvalue weighted by atomic mass is 16.6. The summed E-state index contributed by atoms with van der Waals surface area (Å²) in [6.07, 6.45) is 9.84. The van der Waals surface area contributed by atoms with Gasteiger partial charge in [-0.2, -0.15) is 0 Å². The van der Waals surface area contributed by atoms with E-state index in [0.717, 1.165) is 12.8 Å². The maximum absolute atomic E-state index is 11.1. The van der Waals surface area contributed by atoms with Gasteiger partial charge < -0.3 is 0 Å². The Labute approximate surface area is 104 Å². The molecule has 1 unspecified atom stereocenters. The van der Waals surface area contributed by atoms with Crippen molar-refractivity contribution in [3.05, 3.63) is 0 Å². The van der Waals surface area contributed by atoms with Gasteiger partial charge in [0.25, 0.3) is 5.91 Å². The Hall–Kier alpha value is -0.650. The molecular weight excluding hydrogens is 218 g/mol. The van der Waals surface area contributed by atoms with Crippen molar-refractivity contribution in [2.45, 2.75) is 70.8 Å². The Morgan fingerprint density at radius 2 is 1.65 bits per heavy atom. The minimum Gasteiger partial charge on any atom is -0.292 e. The predicted molar refractivity (Wildman–Crippen MR) is 68.6 cm³/mol. The van der Waals surface area contributed by atoms with Crippen LogP contribution in [0.4, 0.5) is 0 Å². The average molecular weight is 245 g/mol. The minimum absolute atomic E-state index is 0.351. The van der Waals surface area contributed by atoms with Crippen molar-refractivity contribution in [2.24, 2.45) is 11.7 Å². The summed E-state index contributed by atoms with van der Waals surface area (Å²) in [5.41, 5.74) is 2.05. The lowest BCUT2D eigenvalue weighted by atomic mass is 10.1. The monoisotopic (exact) mass is 245 g/mol. The molecule has 0 aliphatic rings.